The van der Waals surface area contributed by atoms with Crippen molar-refractivity contribution in [3.05, 3.63) is 28.8 Å². The van der Waals surface area contributed by atoms with Crippen LogP contribution in [0.5, 0.6) is 0 Å². The highest BCUT2D eigenvalue weighted by molar-refractivity contribution is 7.99. The van der Waals surface area contributed by atoms with Crippen LogP contribution < -0.4 is 0 Å². The highest BCUT2D eigenvalue weighted by Gasteiger charge is 2.33. The van der Waals surface area contributed by atoms with Gasteiger partial charge in [-0.3, -0.25) is 0 Å². The first-order valence-electron chi connectivity index (χ1n) is 4.58. The molecule has 0 saturated heterocycles. The Balaban J connectivity index is 2.52. The first kappa shape index (κ1) is 9.42. The molecule has 0 fully saturated rings. The molecule has 0 aromatic heterocycles. The molecule has 2 heteroatoms. The molecule has 0 spiro atoms. The van der Waals surface area contributed by atoms with E-state index in [1.165, 1.54) is 22.6 Å². The molecule has 1 aliphatic heterocycles. The van der Waals surface area contributed by atoms with Gasteiger partial charge in [0.15, 0.2) is 0 Å². The van der Waals surface area contributed by atoms with E-state index in [9.17, 15) is 0 Å². The second kappa shape index (κ2) is 3.21. The second-order valence-corrected chi connectivity index (χ2v) is 5.30. The minimum absolute atomic E-state index is 0.338. The van der Waals surface area contributed by atoms with Gasteiger partial charge in [-0.15, -0.1) is 11.8 Å². The summed E-state index contributed by atoms with van der Waals surface area (Å²) in [7, 11) is 0. The molecule has 1 aliphatic rings. The van der Waals surface area contributed by atoms with E-state index in [0.29, 0.717) is 5.41 Å². The molecule has 1 atom stereocenters. The van der Waals surface area contributed by atoms with E-state index in [4.69, 9.17) is 11.6 Å². The zero-order valence-electron chi connectivity index (χ0n) is 7.93. The molecule has 0 amide bonds. The molecule has 2 rings (SSSR count). The van der Waals surface area contributed by atoms with Gasteiger partial charge in [0.2, 0.25) is 0 Å². The molecule has 1 unspecified atom stereocenters. The third kappa shape index (κ3) is 1.49. The summed E-state index contributed by atoms with van der Waals surface area (Å²) in [4.78, 5) is 1.41. The van der Waals surface area contributed by atoms with Crippen molar-refractivity contribution in [1.82, 2.24) is 0 Å². The third-order valence-electron chi connectivity index (χ3n) is 2.92. The zero-order chi connectivity index (χ0) is 9.47. The van der Waals surface area contributed by atoms with Crippen LogP contribution in [0.2, 0.25) is 5.02 Å². The van der Waals surface area contributed by atoms with Crippen LogP contribution in [-0.4, -0.2) is 5.75 Å². The van der Waals surface area contributed by atoms with E-state index >= 15 is 0 Å². The summed E-state index contributed by atoms with van der Waals surface area (Å²) in [5.74, 6) is 1.19. The number of rotatable bonds is 1. The average Bonchev–Trinajstić information content (AvgIpc) is 2.45. The van der Waals surface area contributed by atoms with Crippen molar-refractivity contribution < 1.29 is 0 Å². The lowest BCUT2D eigenvalue weighted by molar-refractivity contribution is 0.519. The molecule has 0 nitrogen and oxygen atoms in total. The number of halogens is 1. The first-order chi connectivity index (χ1) is 6.15. The fourth-order valence-electron chi connectivity index (χ4n) is 1.71. The molecule has 13 heavy (non-hydrogen) atoms. The minimum atomic E-state index is 0.338. The Morgan fingerprint density at radius 1 is 1.54 bits per heavy atom. The van der Waals surface area contributed by atoms with Crippen LogP contribution in [-0.2, 0) is 5.41 Å². The van der Waals surface area contributed by atoms with Crippen LogP contribution in [0, 0.1) is 0 Å². The summed E-state index contributed by atoms with van der Waals surface area (Å²) >= 11 is 7.95. The maximum absolute atomic E-state index is 6.00. The number of fused-ring (bicyclic) bond motifs is 1. The molecule has 0 aliphatic carbocycles. The SMILES string of the molecule is CCC1(C)CSc2ccc(Cl)cc21. The predicted octanol–water partition coefficient (Wildman–Crippen LogP) is 4.11. The molecule has 1 aromatic rings. The van der Waals surface area contributed by atoms with E-state index in [1.54, 1.807) is 0 Å². The molecule has 0 radical (unpaired) electrons. The Hall–Kier alpha value is -0.140. The Morgan fingerprint density at radius 3 is 3.00 bits per heavy atom. The lowest BCUT2D eigenvalue weighted by Gasteiger charge is -2.22. The van der Waals surface area contributed by atoms with Crippen LogP contribution >= 0.6 is 23.4 Å². The van der Waals surface area contributed by atoms with Gasteiger partial charge >= 0.3 is 0 Å². The van der Waals surface area contributed by atoms with Crippen molar-refractivity contribution in [2.24, 2.45) is 0 Å². The summed E-state index contributed by atoms with van der Waals surface area (Å²) in [6, 6.07) is 6.25. The fraction of sp³-hybridized carbons (Fsp3) is 0.455. The molecule has 1 heterocycles. The Labute approximate surface area is 88.7 Å². The van der Waals surface area contributed by atoms with Gasteiger partial charge in [-0.25, -0.2) is 0 Å². The monoisotopic (exact) mass is 212 g/mol. The quantitative estimate of drug-likeness (QED) is 0.675. The van der Waals surface area contributed by atoms with E-state index < -0.39 is 0 Å². The largest absolute Gasteiger partial charge is 0.125 e. The average molecular weight is 213 g/mol. The summed E-state index contributed by atoms with van der Waals surface area (Å²) in [6.45, 7) is 4.57. The summed E-state index contributed by atoms with van der Waals surface area (Å²) in [5.41, 5.74) is 1.78. The van der Waals surface area contributed by atoms with Crippen LogP contribution in [0.1, 0.15) is 25.8 Å². The van der Waals surface area contributed by atoms with E-state index in [2.05, 4.69) is 26.0 Å². The third-order valence-corrected chi connectivity index (χ3v) is 4.60. The lowest BCUT2D eigenvalue weighted by Crippen LogP contribution is -2.19. The Morgan fingerprint density at radius 2 is 2.31 bits per heavy atom. The van der Waals surface area contributed by atoms with Crippen molar-refractivity contribution in [3.8, 4) is 0 Å². The van der Waals surface area contributed by atoms with Crippen molar-refractivity contribution in [2.75, 3.05) is 5.75 Å². The van der Waals surface area contributed by atoms with Gasteiger partial charge in [-0.05, 0) is 30.2 Å². The van der Waals surface area contributed by atoms with Crippen molar-refractivity contribution in [1.29, 1.82) is 0 Å². The van der Waals surface area contributed by atoms with Crippen molar-refractivity contribution >= 4 is 23.4 Å². The van der Waals surface area contributed by atoms with Crippen LogP contribution in [0.3, 0.4) is 0 Å². The van der Waals surface area contributed by atoms with Gasteiger partial charge in [0.1, 0.15) is 0 Å². The topological polar surface area (TPSA) is 0 Å². The van der Waals surface area contributed by atoms with Gasteiger partial charge in [-0.1, -0.05) is 25.4 Å². The molecule has 1 aromatic carbocycles. The molecular weight excluding hydrogens is 200 g/mol. The van der Waals surface area contributed by atoms with Crippen LogP contribution in [0.25, 0.3) is 0 Å². The number of hydrogen-bond acceptors (Lipinski definition) is 1. The van der Waals surface area contributed by atoms with Crippen LogP contribution in [0.4, 0.5) is 0 Å². The number of thioether (sulfide) groups is 1. The predicted molar refractivity (Wildman–Crippen MR) is 59.8 cm³/mol. The first-order valence-corrected chi connectivity index (χ1v) is 5.95. The Bertz CT molecular complexity index is 335. The Kier molecular flexibility index (Phi) is 2.33. The van der Waals surface area contributed by atoms with Gasteiger partial charge in [-0.2, -0.15) is 0 Å². The van der Waals surface area contributed by atoms with Gasteiger partial charge in [0, 0.05) is 21.1 Å². The van der Waals surface area contributed by atoms with Crippen molar-refractivity contribution in [2.45, 2.75) is 30.6 Å². The van der Waals surface area contributed by atoms with Gasteiger partial charge in [0.25, 0.3) is 0 Å². The highest BCUT2D eigenvalue weighted by atomic mass is 35.5. The molecular formula is C11H13ClS. The zero-order valence-corrected chi connectivity index (χ0v) is 9.50. The summed E-state index contributed by atoms with van der Waals surface area (Å²) < 4.78 is 0. The maximum atomic E-state index is 6.00. The van der Waals surface area contributed by atoms with E-state index in [-0.39, 0.29) is 0 Å². The van der Waals surface area contributed by atoms with E-state index in [0.717, 1.165) is 5.02 Å². The molecule has 0 saturated carbocycles. The fourth-order valence-corrected chi connectivity index (χ4v) is 3.34. The number of benzene rings is 1. The second-order valence-electron chi connectivity index (χ2n) is 3.84. The highest BCUT2D eigenvalue weighted by Crippen LogP contribution is 2.46. The van der Waals surface area contributed by atoms with Gasteiger partial charge in [0.05, 0.1) is 0 Å². The minimum Gasteiger partial charge on any atom is -0.125 e. The summed E-state index contributed by atoms with van der Waals surface area (Å²) in [6.07, 6.45) is 1.19. The van der Waals surface area contributed by atoms with Crippen LogP contribution in [0.15, 0.2) is 23.1 Å². The maximum Gasteiger partial charge on any atom is 0.0409 e. The molecule has 70 valence electrons. The van der Waals surface area contributed by atoms with Gasteiger partial charge < -0.3 is 0 Å². The normalized spacial score (nSPS) is 26.1. The smallest absolute Gasteiger partial charge is 0.0409 e. The molecule has 0 N–H and O–H groups in total. The van der Waals surface area contributed by atoms with E-state index in [1.807, 2.05) is 17.8 Å². The van der Waals surface area contributed by atoms with Crippen molar-refractivity contribution in [3.63, 3.8) is 0 Å². The summed E-state index contributed by atoms with van der Waals surface area (Å²) in [5, 5.41) is 0.862. The lowest BCUT2D eigenvalue weighted by atomic mass is 9.82. The standard InChI is InChI=1S/C11H13ClS/c1-3-11(2)7-13-10-5-4-8(12)6-9(10)11/h4-6H,3,7H2,1-2H3. The molecule has 0 bridgehead atoms. The number of hydrogen-bond donors (Lipinski definition) is 0.